The van der Waals surface area contributed by atoms with Crippen LogP contribution in [0.4, 0.5) is 0 Å². The van der Waals surface area contributed by atoms with Gasteiger partial charge in [-0.15, -0.1) is 0 Å². The van der Waals surface area contributed by atoms with Crippen molar-refractivity contribution >= 4 is 66.0 Å². The number of fused-ring (bicyclic) bond motifs is 6. The maximum absolute atomic E-state index is 2.43. The molecule has 0 spiro atoms. The van der Waals surface area contributed by atoms with Crippen LogP contribution >= 0.6 is 0 Å². The first-order valence-corrected chi connectivity index (χ1v) is 16.3. The van der Waals surface area contributed by atoms with Crippen molar-refractivity contribution in [3.8, 4) is 44.5 Å². The molecule has 11 rings (SSSR count). The van der Waals surface area contributed by atoms with E-state index in [9.17, 15) is 0 Å². The molecule has 212 valence electrons. The van der Waals surface area contributed by atoms with E-state index >= 15 is 0 Å². The normalized spacial score (nSPS) is 12.9. The molecule has 0 heteroatoms. The Labute approximate surface area is 267 Å². The van der Waals surface area contributed by atoms with E-state index < -0.39 is 0 Å². The smallest absolute Gasteiger partial charge is 0.000730 e. The minimum absolute atomic E-state index is 1.30. The van der Waals surface area contributed by atoms with Crippen LogP contribution in [0.25, 0.3) is 111 Å². The third kappa shape index (κ3) is 2.86. The fraction of sp³-hybridized carbons (Fsp3) is 0.0435. The van der Waals surface area contributed by atoms with Crippen molar-refractivity contribution in [2.24, 2.45) is 0 Å². The molecule has 0 fully saturated rings. The van der Waals surface area contributed by atoms with Gasteiger partial charge in [0.05, 0.1) is 0 Å². The summed E-state index contributed by atoms with van der Waals surface area (Å²) in [7, 11) is 0. The second kappa shape index (κ2) is 8.50. The zero-order valence-electron chi connectivity index (χ0n) is 25.7. The van der Waals surface area contributed by atoms with E-state index in [2.05, 4.69) is 147 Å². The van der Waals surface area contributed by atoms with Gasteiger partial charge in [-0.05, 0) is 134 Å². The first kappa shape index (κ1) is 24.6. The van der Waals surface area contributed by atoms with Gasteiger partial charge in [-0.2, -0.15) is 0 Å². The number of hydrogen-bond acceptors (Lipinski definition) is 0. The summed E-state index contributed by atoms with van der Waals surface area (Å²) in [6.45, 7) is 4.51. The monoisotopic (exact) mass is 580 g/mol. The second-order valence-corrected chi connectivity index (χ2v) is 13.2. The van der Waals surface area contributed by atoms with Crippen LogP contribution in [0, 0.1) is 13.8 Å². The number of rotatable bonds is 2. The predicted molar refractivity (Wildman–Crippen MR) is 199 cm³/mol. The predicted octanol–water partition coefficient (Wildman–Crippen LogP) is 13.0. The summed E-state index contributed by atoms with van der Waals surface area (Å²) in [5.41, 5.74) is 16.0. The molecule has 0 radical (unpaired) electrons. The summed E-state index contributed by atoms with van der Waals surface area (Å²) >= 11 is 0. The molecule has 0 saturated carbocycles. The first-order chi connectivity index (χ1) is 22.7. The van der Waals surface area contributed by atoms with E-state index in [1.165, 1.54) is 121 Å². The molecule has 0 amide bonds. The number of aryl methyl sites for hydroxylation is 2. The Morgan fingerprint density at radius 3 is 1.17 bits per heavy atom. The van der Waals surface area contributed by atoms with Gasteiger partial charge >= 0.3 is 0 Å². The van der Waals surface area contributed by atoms with Gasteiger partial charge in [-0.25, -0.2) is 0 Å². The average molecular weight is 581 g/mol. The molecule has 0 N–H and O–H groups in total. The lowest BCUT2D eigenvalue weighted by Gasteiger charge is -2.22. The molecule has 0 saturated heterocycles. The van der Waals surface area contributed by atoms with Crippen LogP contribution in [-0.2, 0) is 0 Å². The van der Waals surface area contributed by atoms with Crippen LogP contribution in [0.1, 0.15) is 22.3 Å². The summed E-state index contributed by atoms with van der Waals surface area (Å²) in [6, 6.07) is 46.0. The maximum Gasteiger partial charge on any atom is -0.000730 e. The third-order valence-electron chi connectivity index (χ3n) is 11.0. The molecule has 0 bridgehead atoms. The van der Waals surface area contributed by atoms with E-state index in [1.54, 1.807) is 0 Å². The maximum atomic E-state index is 2.43. The van der Waals surface area contributed by atoms with Crippen LogP contribution in [0.3, 0.4) is 0 Å². The SMILES string of the molecule is Cc1ccccc1-c1c2c(c(-c3ccccc3C)c3ccccc13)-c1ccc3c4ccc5c6c(ccc(c7ccc-2c1c73)c64)C=C5. The van der Waals surface area contributed by atoms with Crippen LogP contribution < -0.4 is 0 Å². The van der Waals surface area contributed by atoms with Crippen LogP contribution in [0.5, 0.6) is 0 Å². The van der Waals surface area contributed by atoms with Gasteiger partial charge in [0.2, 0.25) is 0 Å². The minimum Gasteiger partial charge on any atom is -0.0620 e. The molecule has 9 aromatic carbocycles. The summed E-state index contributed by atoms with van der Waals surface area (Å²) in [4.78, 5) is 0. The topological polar surface area (TPSA) is 0 Å². The fourth-order valence-electron chi connectivity index (χ4n) is 9.06. The van der Waals surface area contributed by atoms with Gasteiger partial charge in [-0.3, -0.25) is 0 Å². The van der Waals surface area contributed by atoms with Crippen molar-refractivity contribution in [1.29, 1.82) is 0 Å². The second-order valence-electron chi connectivity index (χ2n) is 13.2. The minimum atomic E-state index is 1.30. The number of hydrogen-bond donors (Lipinski definition) is 0. The molecule has 2 aliphatic carbocycles. The average Bonchev–Trinajstić information content (AvgIpc) is 3.67. The Balaban J connectivity index is 1.39. The van der Waals surface area contributed by atoms with Gasteiger partial charge in [0.15, 0.2) is 0 Å². The highest BCUT2D eigenvalue weighted by Crippen LogP contribution is 2.60. The van der Waals surface area contributed by atoms with Gasteiger partial charge in [0.25, 0.3) is 0 Å². The highest BCUT2D eigenvalue weighted by Gasteiger charge is 2.32. The van der Waals surface area contributed by atoms with Crippen LogP contribution in [0.2, 0.25) is 0 Å². The van der Waals surface area contributed by atoms with Crippen molar-refractivity contribution in [2.45, 2.75) is 13.8 Å². The van der Waals surface area contributed by atoms with Gasteiger partial charge in [0.1, 0.15) is 0 Å². The largest absolute Gasteiger partial charge is 0.0620 e. The van der Waals surface area contributed by atoms with E-state index in [4.69, 9.17) is 0 Å². The molecule has 0 unspecified atom stereocenters. The van der Waals surface area contributed by atoms with Crippen molar-refractivity contribution < 1.29 is 0 Å². The summed E-state index contributed by atoms with van der Waals surface area (Å²) in [5.74, 6) is 0. The summed E-state index contributed by atoms with van der Waals surface area (Å²) in [6.07, 6.45) is 4.54. The highest BCUT2D eigenvalue weighted by molar-refractivity contribution is 6.40. The molecule has 2 aliphatic rings. The summed E-state index contributed by atoms with van der Waals surface area (Å²) in [5, 5.41) is 13.6. The Morgan fingerprint density at radius 1 is 0.283 bits per heavy atom. The van der Waals surface area contributed by atoms with E-state index in [0.717, 1.165) is 0 Å². The zero-order chi connectivity index (χ0) is 30.3. The molecule has 0 aliphatic heterocycles. The third-order valence-corrected chi connectivity index (χ3v) is 11.0. The van der Waals surface area contributed by atoms with Gasteiger partial charge in [-0.1, -0.05) is 133 Å². The van der Waals surface area contributed by atoms with E-state index in [1.807, 2.05) is 0 Å². The molecule has 9 aromatic rings. The Morgan fingerprint density at radius 2 is 0.696 bits per heavy atom. The first-order valence-electron chi connectivity index (χ1n) is 16.3. The molecule has 0 aromatic heterocycles. The fourth-order valence-corrected chi connectivity index (χ4v) is 9.06. The van der Waals surface area contributed by atoms with Crippen molar-refractivity contribution in [3.63, 3.8) is 0 Å². The number of benzene rings is 9. The molecule has 0 atom stereocenters. The van der Waals surface area contributed by atoms with Crippen LogP contribution in [-0.4, -0.2) is 0 Å². The Hall–Kier alpha value is -5.72. The van der Waals surface area contributed by atoms with Crippen molar-refractivity contribution in [2.75, 3.05) is 0 Å². The summed E-state index contributed by atoms with van der Waals surface area (Å²) < 4.78 is 0. The molecule has 46 heavy (non-hydrogen) atoms. The lowest BCUT2D eigenvalue weighted by molar-refractivity contribution is 1.46. The van der Waals surface area contributed by atoms with Crippen molar-refractivity contribution in [1.82, 2.24) is 0 Å². The molecule has 0 nitrogen and oxygen atoms in total. The lowest BCUT2D eigenvalue weighted by atomic mass is 9.81. The quantitative estimate of drug-likeness (QED) is 0.141. The van der Waals surface area contributed by atoms with Crippen LogP contribution in [0.15, 0.2) is 121 Å². The van der Waals surface area contributed by atoms with E-state index in [-0.39, 0.29) is 0 Å². The van der Waals surface area contributed by atoms with Gasteiger partial charge in [0, 0.05) is 0 Å². The standard InChI is InChI=1S/C46H28/c1-25-9-3-5-11-29(25)40-31-13-7-8-14-32(31)41(30-12-6-4-10-26(30)2)46-38-24-22-36-34-20-18-28-16-15-27-17-19-33(42(34)39(27)28)35-21-23-37(45(40)46)44(38)43(35)36/h3-24H,1-2H3. The van der Waals surface area contributed by atoms with E-state index in [0.29, 0.717) is 0 Å². The van der Waals surface area contributed by atoms with Gasteiger partial charge < -0.3 is 0 Å². The Kier molecular flexibility index (Phi) is 4.54. The zero-order valence-corrected chi connectivity index (χ0v) is 25.7. The van der Waals surface area contributed by atoms with Crippen molar-refractivity contribution in [3.05, 3.63) is 144 Å². The Bertz CT molecular complexity index is 2670. The molecular formula is C46H28. The highest BCUT2D eigenvalue weighted by atomic mass is 14.3. The molecular weight excluding hydrogens is 553 g/mol. The molecule has 0 heterocycles. The lowest BCUT2D eigenvalue weighted by Crippen LogP contribution is -1.95.